The molecule has 0 saturated heterocycles. The van der Waals surface area contributed by atoms with Gasteiger partial charge in [0.15, 0.2) is 18.9 Å². The lowest BCUT2D eigenvalue weighted by Gasteiger charge is -2.01. The first kappa shape index (κ1) is 16.0. The highest BCUT2D eigenvalue weighted by Crippen LogP contribution is 2.23. The summed E-state index contributed by atoms with van der Waals surface area (Å²) in [6, 6.07) is 13.1. The van der Waals surface area contributed by atoms with Gasteiger partial charge in [-0.2, -0.15) is 0 Å². The van der Waals surface area contributed by atoms with Gasteiger partial charge in [-0.3, -0.25) is 10.1 Å². The molecule has 0 atom stereocenters. The van der Waals surface area contributed by atoms with Crippen LogP contribution in [0.4, 0.5) is 10.1 Å². The first-order valence-corrected chi connectivity index (χ1v) is 6.44. The molecule has 3 aromatic rings. The number of nitro groups is 1. The molecule has 22 heavy (non-hydrogen) atoms. The number of benzene rings is 2. The van der Waals surface area contributed by atoms with Crippen LogP contribution in [0, 0.1) is 15.9 Å². The lowest BCUT2D eigenvalue weighted by Crippen LogP contribution is -3.00. The fourth-order valence-corrected chi connectivity index (χ4v) is 2.36. The summed E-state index contributed by atoms with van der Waals surface area (Å²) in [6.07, 6.45) is 3.59. The van der Waals surface area contributed by atoms with E-state index in [-0.39, 0.29) is 33.4 Å². The van der Waals surface area contributed by atoms with Crippen molar-refractivity contribution >= 4 is 16.5 Å². The van der Waals surface area contributed by atoms with E-state index in [4.69, 9.17) is 0 Å². The van der Waals surface area contributed by atoms with Crippen molar-refractivity contribution < 1.29 is 30.9 Å². The van der Waals surface area contributed by atoms with Crippen LogP contribution in [0.1, 0.15) is 5.56 Å². The minimum Gasteiger partial charge on any atom is -1.00 e. The summed E-state index contributed by atoms with van der Waals surface area (Å²) in [5.74, 6) is -0.274. The van der Waals surface area contributed by atoms with E-state index in [1.54, 1.807) is 24.4 Å². The van der Waals surface area contributed by atoms with Crippen molar-refractivity contribution in [1.82, 2.24) is 0 Å². The summed E-state index contributed by atoms with van der Waals surface area (Å²) in [6.45, 7) is 0.510. The van der Waals surface area contributed by atoms with Crippen molar-refractivity contribution in [3.63, 3.8) is 0 Å². The normalized spacial score (nSPS) is 10.2. The molecule has 0 spiro atoms. The molecule has 3 rings (SSSR count). The monoisotopic (exact) mass is 362 g/mol. The molecule has 112 valence electrons. The number of halogens is 2. The van der Waals surface area contributed by atoms with Crippen LogP contribution in [0.25, 0.3) is 10.8 Å². The Balaban J connectivity index is 0.00000176. The van der Waals surface area contributed by atoms with Gasteiger partial charge in [-0.1, -0.05) is 18.2 Å². The van der Waals surface area contributed by atoms with E-state index in [1.165, 1.54) is 18.2 Å². The fourth-order valence-electron chi connectivity index (χ4n) is 2.36. The van der Waals surface area contributed by atoms with Crippen molar-refractivity contribution in [2.75, 3.05) is 0 Å². The second-order valence-corrected chi connectivity index (χ2v) is 4.78. The molecule has 0 fully saturated rings. The fraction of sp³-hybridized carbons (Fsp3) is 0.0625. The van der Waals surface area contributed by atoms with Gasteiger partial charge in [-0.05, 0) is 18.2 Å². The van der Waals surface area contributed by atoms with Crippen molar-refractivity contribution in [3.8, 4) is 0 Å². The molecule has 4 nitrogen and oxygen atoms in total. The summed E-state index contributed by atoms with van der Waals surface area (Å²) in [5, 5.41) is 12.4. The van der Waals surface area contributed by atoms with Crippen molar-refractivity contribution in [2.24, 2.45) is 0 Å². The Hall–Kier alpha value is -2.34. The molecule has 0 aliphatic rings. The second kappa shape index (κ2) is 6.62. The van der Waals surface area contributed by atoms with Crippen LogP contribution in [0.15, 0.2) is 60.9 Å². The van der Waals surface area contributed by atoms with E-state index in [9.17, 15) is 14.5 Å². The number of hydrogen-bond acceptors (Lipinski definition) is 2. The smallest absolute Gasteiger partial charge is 0.277 e. The van der Waals surface area contributed by atoms with E-state index in [0.29, 0.717) is 11.9 Å². The van der Waals surface area contributed by atoms with Crippen molar-refractivity contribution in [3.05, 3.63) is 82.4 Å². The van der Waals surface area contributed by atoms with Crippen LogP contribution in [-0.4, -0.2) is 4.92 Å². The summed E-state index contributed by atoms with van der Waals surface area (Å²) in [4.78, 5) is 10.6. The van der Waals surface area contributed by atoms with Crippen LogP contribution in [0.5, 0.6) is 0 Å². The highest BCUT2D eigenvalue weighted by atomic mass is 79.9. The van der Waals surface area contributed by atoms with Crippen LogP contribution < -0.4 is 21.5 Å². The first-order chi connectivity index (χ1) is 10.1. The van der Waals surface area contributed by atoms with Gasteiger partial charge in [0.25, 0.3) is 5.69 Å². The van der Waals surface area contributed by atoms with Crippen LogP contribution in [0.3, 0.4) is 0 Å². The molecule has 0 bridgehead atoms. The summed E-state index contributed by atoms with van der Waals surface area (Å²) in [7, 11) is 0. The average molecular weight is 363 g/mol. The van der Waals surface area contributed by atoms with Gasteiger partial charge in [-0.15, -0.1) is 0 Å². The third kappa shape index (κ3) is 3.28. The van der Waals surface area contributed by atoms with E-state index >= 15 is 0 Å². The highest BCUT2D eigenvalue weighted by molar-refractivity contribution is 5.89. The van der Waals surface area contributed by atoms with E-state index in [2.05, 4.69) is 0 Å². The molecule has 0 radical (unpaired) electrons. The Morgan fingerprint density at radius 1 is 1.14 bits per heavy atom. The Morgan fingerprint density at radius 3 is 2.64 bits per heavy atom. The zero-order valence-corrected chi connectivity index (χ0v) is 13.0. The highest BCUT2D eigenvalue weighted by Gasteiger charge is 2.14. The van der Waals surface area contributed by atoms with Crippen LogP contribution >= 0.6 is 0 Å². The van der Waals surface area contributed by atoms with E-state index in [1.807, 2.05) is 22.9 Å². The topological polar surface area (TPSA) is 47.0 Å². The molecule has 0 unspecified atom stereocenters. The summed E-state index contributed by atoms with van der Waals surface area (Å²) >= 11 is 0. The van der Waals surface area contributed by atoms with Crippen molar-refractivity contribution in [2.45, 2.75) is 6.54 Å². The molecule has 0 aliphatic heterocycles. The molecular weight excluding hydrogens is 351 g/mol. The largest absolute Gasteiger partial charge is 1.00 e. The Morgan fingerprint density at radius 2 is 1.91 bits per heavy atom. The first-order valence-electron chi connectivity index (χ1n) is 6.44. The molecular formula is C16H12BrFN2O2. The van der Waals surface area contributed by atoms with Gasteiger partial charge < -0.3 is 17.0 Å². The number of hydrogen-bond donors (Lipinski definition) is 0. The number of nitrogens with zero attached hydrogens (tertiary/aromatic N) is 2. The molecule has 0 aliphatic carbocycles. The number of nitro benzene ring substituents is 1. The SMILES string of the molecule is O=[N+]([O-])c1cccc2c[n+](Cc3cccc(F)c3)ccc12.[Br-]. The standard InChI is InChI=1S/C16H12FN2O2.BrH/c17-14-5-1-3-12(9-14)10-18-8-7-15-13(11-18)4-2-6-16(15)19(20)21;/h1-9,11H,10H2;1H/q+1;/p-1. The van der Waals surface area contributed by atoms with Crippen LogP contribution in [0.2, 0.25) is 0 Å². The van der Waals surface area contributed by atoms with E-state index in [0.717, 1.165) is 10.9 Å². The van der Waals surface area contributed by atoms with Crippen LogP contribution in [-0.2, 0) is 6.54 Å². The molecule has 0 saturated carbocycles. The quantitative estimate of drug-likeness (QED) is 0.380. The molecule has 2 aromatic carbocycles. The van der Waals surface area contributed by atoms with Gasteiger partial charge in [0.2, 0.25) is 0 Å². The van der Waals surface area contributed by atoms with Gasteiger partial charge in [0, 0.05) is 17.7 Å². The van der Waals surface area contributed by atoms with Gasteiger partial charge >= 0.3 is 0 Å². The maximum atomic E-state index is 13.2. The van der Waals surface area contributed by atoms with Gasteiger partial charge in [-0.25, -0.2) is 8.96 Å². The zero-order valence-electron chi connectivity index (χ0n) is 11.4. The lowest BCUT2D eigenvalue weighted by molar-refractivity contribution is -0.687. The lowest BCUT2D eigenvalue weighted by atomic mass is 10.1. The predicted molar refractivity (Wildman–Crippen MR) is 76.3 cm³/mol. The number of rotatable bonds is 3. The number of fused-ring (bicyclic) bond motifs is 1. The van der Waals surface area contributed by atoms with Gasteiger partial charge in [0.1, 0.15) is 5.82 Å². The molecule has 1 heterocycles. The number of pyridine rings is 1. The van der Waals surface area contributed by atoms with Crippen molar-refractivity contribution in [1.29, 1.82) is 0 Å². The predicted octanol–water partition coefficient (Wildman–Crippen LogP) is 0.227. The van der Waals surface area contributed by atoms with E-state index < -0.39 is 0 Å². The second-order valence-electron chi connectivity index (χ2n) is 4.78. The maximum absolute atomic E-state index is 13.2. The maximum Gasteiger partial charge on any atom is 0.277 e. The number of aromatic nitrogens is 1. The number of non-ortho nitro benzene ring substituents is 1. The Labute approximate surface area is 136 Å². The minimum atomic E-state index is -0.390. The average Bonchev–Trinajstić information content (AvgIpc) is 2.46. The summed E-state index contributed by atoms with van der Waals surface area (Å²) in [5.41, 5.74) is 0.926. The molecule has 0 amide bonds. The Bertz CT molecular complexity index is 839. The van der Waals surface area contributed by atoms with Gasteiger partial charge in [0.05, 0.1) is 15.7 Å². The summed E-state index contributed by atoms with van der Waals surface area (Å²) < 4.78 is 15.1. The third-order valence-corrected chi connectivity index (χ3v) is 3.31. The molecule has 1 aromatic heterocycles. The minimum absolute atomic E-state index is 0. The Kier molecular flexibility index (Phi) is 4.82. The zero-order chi connectivity index (χ0) is 14.8. The molecule has 0 N–H and O–H groups in total. The third-order valence-electron chi connectivity index (χ3n) is 3.31. The molecule has 6 heteroatoms.